The molecule has 3 heteroatoms. The fourth-order valence-electron chi connectivity index (χ4n) is 5.95. The number of benzene rings is 6. The van der Waals surface area contributed by atoms with Gasteiger partial charge in [-0.2, -0.15) is 0 Å². The zero-order chi connectivity index (χ0) is 28.8. The fourth-order valence-corrected chi connectivity index (χ4v) is 7.23. The van der Waals surface area contributed by atoms with Gasteiger partial charge in [0.05, 0.1) is 11.0 Å². The second kappa shape index (κ2) is 10.9. The molecule has 2 heterocycles. The smallest absolute Gasteiger partial charge is 0.0541 e. The number of halogens is 1. The largest absolute Gasteiger partial charge is 0.309 e. The zero-order valence-corrected chi connectivity index (χ0v) is 25.6. The third-order valence-corrected chi connectivity index (χ3v) is 9.85. The lowest BCUT2D eigenvalue weighted by Gasteiger charge is -2.10. The van der Waals surface area contributed by atoms with Crippen molar-refractivity contribution in [2.45, 2.75) is 0 Å². The van der Waals surface area contributed by atoms with Crippen molar-refractivity contribution in [2.24, 2.45) is 0 Å². The molecule has 0 aliphatic rings. The molecule has 8 rings (SSSR count). The molecule has 0 atom stereocenters. The first-order valence-electron chi connectivity index (χ1n) is 14.4. The average Bonchev–Trinajstić information content (AvgIpc) is 3.69. The van der Waals surface area contributed by atoms with Gasteiger partial charge in [0.1, 0.15) is 0 Å². The molecule has 0 amide bonds. The second-order valence-electron chi connectivity index (χ2n) is 10.7. The first-order valence-corrected chi connectivity index (χ1v) is 16.0. The highest BCUT2D eigenvalue weighted by Crippen LogP contribution is 2.38. The monoisotopic (exact) mass is 631 g/mol. The van der Waals surface area contributed by atoms with Gasteiger partial charge in [0.2, 0.25) is 0 Å². The van der Waals surface area contributed by atoms with Crippen LogP contribution < -0.4 is 0 Å². The Balaban J connectivity index is 1.14. The van der Waals surface area contributed by atoms with Crippen molar-refractivity contribution >= 4 is 49.1 Å². The van der Waals surface area contributed by atoms with E-state index in [4.69, 9.17) is 0 Å². The topological polar surface area (TPSA) is 4.93 Å². The molecule has 6 aromatic carbocycles. The van der Waals surface area contributed by atoms with E-state index in [0.717, 1.165) is 10.2 Å². The van der Waals surface area contributed by atoms with Gasteiger partial charge in [0.15, 0.2) is 0 Å². The Labute approximate surface area is 263 Å². The summed E-state index contributed by atoms with van der Waals surface area (Å²) in [7, 11) is 0. The van der Waals surface area contributed by atoms with E-state index in [-0.39, 0.29) is 0 Å². The lowest BCUT2D eigenvalue weighted by atomic mass is 10.0. The SMILES string of the molecule is Brc1ccc(-c2ccc(-n3c4ccccc4c4cc(-c5ccc(-c6ccc(-c7ccccc7)s6)cc5)ccc43)cc2)cc1. The highest BCUT2D eigenvalue weighted by Gasteiger charge is 2.14. The van der Waals surface area contributed by atoms with Crippen LogP contribution in [-0.2, 0) is 0 Å². The van der Waals surface area contributed by atoms with Crippen LogP contribution in [0.4, 0.5) is 0 Å². The van der Waals surface area contributed by atoms with E-state index in [1.54, 1.807) is 0 Å². The minimum absolute atomic E-state index is 1.09. The number of fused-ring (bicyclic) bond motifs is 3. The van der Waals surface area contributed by atoms with E-state index < -0.39 is 0 Å². The molecule has 0 bridgehead atoms. The minimum atomic E-state index is 1.09. The van der Waals surface area contributed by atoms with E-state index >= 15 is 0 Å². The standard InChI is InChI=1S/C40H26BrNS/c41-33-19-14-27(15-20-33)28-16-21-34(22-17-28)42-37-9-5-4-8-35(37)36-26-32(18-23-38(36)42)29-10-12-31(13-11-29)40-25-24-39(43-40)30-6-2-1-3-7-30/h1-26H. The van der Waals surface area contributed by atoms with Crippen LogP contribution in [0.25, 0.3) is 70.6 Å². The van der Waals surface area contributed by atoms with Crippen LogP contribution in [0.1, 0.15) is 0 Å². The lowest BCUT2D eigenvalue weighted by Crippen LogP contribution is -1.93. The number of hydrogen-bond donors (Lipinski definition) is 0. The summed E-state index contributed by atoms with van der Waals surface area (Å²) in [6, 6.07) is 57.0. The maximum absolute atomic E-state index is 3.54. The maximum atomic E-state index is 3.54. The molecular weight excluding hydrogens is 606 g/mol. The van der Waals surface area contributed by atoms with Crippen LogP contribution in [0.2, 0.25) is 0 Å². The molecule has 0 unspecified atom stereocenters. The summed E-state index contributed by atoms with van der Waals surface area (Å²) in [6.07, 6.45) is 0. The number of rotatable bonds is 5. The predicted molar refractivity (Wildman–Crippen MR) is 188 cm³/mol. The lowest BCUT2D eigenvalue weighted by molar-refractivity contribution is 1.18. The van der Waals surface area contributed by atoms with Crippen molar-refractivity contribution in [3.63, 3.8) is 0 Å². The Morgan fingerprint density at radius 1 is 0.395 bits per heavy atom. The van der Waals surface area contributed by atoms with Gasteiger partial charge in [0.25, 0.3) is 0 Å². The van der Waals surface area contributed by atoms with Crippen LogP contribution in [0, 0.1) is 0 Å². The number of nitrogens with zero attached hydrogens (tertiary/aromatic N) is 1. The van der Waals surface area contributed by atoms with E-state index in [2.05, 4.69) is 178 Å². The highest BCUT2D eigenvalue weighted by atomic mass is 79.9. The summed E-state index contributed by atoms with van der Waals surface area (Å²) in [5.74, 6) is 0. The molecule has 1 nitrogen and oxygen atoms in total. The third kappa shape index (κ3) is 4.81. The summed E-state index contributed by atoms with van der Waals surface area (Å²) in [5.41, 5.74) is 11.0. The van der Waals surface area contributed by atoms with Gasteiger partial charge in [-0.3, -0.25) is 0 Å². The summed E-state index contributed by atoms with van der Waals surface area (Å²) >= 11 is 5.38. The molecular formula is C40H26BrNS. The van der Waals surface area contributed by atoms with Crippen LogP contribution in [0.5, 0.6) is 0 Å². The maximum Gasteiger partial charge on any atom is 0.0541 e. The molecule has 0 radical (unpaired) electrons. The number of para-hydroxylation sites is 1. The van der Waals surface area contributed by atoms with E-state index in [1.165, 1.54) is 64.9 Å². The Kier molecular flexibility index (Phi) is 6.55. The van der Waals surface area contributed by atoms with E-state index in [1.807, 2.05) is 11.3 Å². The molecule has 8 aromatic rings. The summed E-state index contributed by atoms with van der Waals surface area (Å²) in [5, 5.41) is 2.53. The fraction of sp³-hybridized carbons (Fsp3) is 0. The van der Waals surface area contributed by atoms with E-state index in [0.29, 0.717) is 0 Å². The molecule has 0 saturated heterocycles. The average molecular weight is 633 g/mol. The summed E-state index contributed by atoms with van der Waals surface area (Å²) in [4.78, 5) is 2.58. The normalized spacial score (nSPS) is 11.4. The van der Waals surface area contributed by atoms with Crippen molar-refractivity contribution in [1.29, 1.82) is 0 Å². The molecule has 204 valence electrons. The number of hydrogen-bond acceptors (Lipinski definition) is 1. The highest BCUT2D eigenvalue weighted by molar-refractivity contribution is 9.10. The van der Waals surface area contributed by atoms with Gasteiger partial charge in [-0.25, -0.2) is 0 Å². The molecule has 2 aromatic heterocycles. The third-order valence-electron chi connectivity index (χ3n) is 8.14. The minimum Gasteiger partial charge on any atom is -0.309 e. The molecule has 0 saturated carbocycles. The Bertz CT molecular complexity index is 2200. The summed E-state index contributed by atoms with van der Waals surface area (Å²) < 4.78 is 3.47. The number of aromatic nitrogens is 1. The van der Waals surface area contributed by atoms with Crippen molar-refractivity contribution in [2.75, 3.05) is 0 Å². The van der Waals surface area contributed by atoms with Crippen LogP contribution in [0.3, 0.4) is 0 Å². The molecule has 43 heavy (non-hydrogen) atoms. The van der Waals surface area contributed by atoms with Crippen LogP contribution >= 0.6 is 27.3 Å². The Morgan fingerprint density at radius 3 is 1.63 bits per heavy atom. The first kappa shape index (κ1) is 26.0. The van der Waals surface area contributed by atoms with Gasteiger partial charge in [0, 0.05) is 30.7 Å². The molecule has 0 aliphatic carbocycles. The zero-order valence-electron chi connectivity index (χ0n) is 23.2. The van der Waals surface area contributed by atoms with Gasteiger partial charge in [-0.05, 0) is 88.0 Å². The van der Waals surface area contributed by atoms with E-state index in [9.17, 15) is 0 Å². The summed E-state index contributed by atoms with van der Waals surface area (Å²) in [6.45, 7) is 0. The van der Waals surface area contributed by atoms with Crippen molar-refractivity contribution < 1.29 is 0 Å². The Morgan fingerprint density at radius 2 is 0.907 bits per heavy atom. The second-order valence-corrected chi connectivity index (χ2v) is 12.7. The van der Waals surface area contributed by atoms with Crippen molar-refractivity contribution in [3.8, 4) is 48.8 Å². The molecule has 0 fully saturated rings. The molecule has 0 N–H and O–H groups in total. The Hall–Kier alpha value is -4.70. The first-order chi connectivity index (χ1) is 21.2. The predicted octanol–water partition coefficient (Wildman–Crippen LogP) is 12.3. The van der Waals surface area contributed by atoms with Crippen LogP contribution in [0.15, 0.2) is 162 Å². The van der Waals surface area contributed by atoms with Crippen molar-refractivity contribution in [3.05, 3.63) is 162 Å². The van der Waals surface area contributed by atoms with Gasteiger partial charge in [-0.1, -0.05) is 119 Å². The quantitative estimate of drug-likeness (QED) is 0.178. The van der Waals surface area contributed by atoms with Crippen LogP contribution in [-0.4, -0.2) is 4.57 Å². The molecule has 0 spiro atoms. The number of thiophene rings is 1. The van der Waals surface area contributed by atoms with Gasteiger partial charge in [-0.15, -0.1) is 11.3 Å². The molecule has 0 aliphatic heterocycles. The van der Waals surface area contributed by atoms with Gasteiger partial charge >= 0.3 is 0 Å². The van der Waals surface area contributed by atoms with Crippen molar-refractivity contribution in [1.82, 2.24) is 4.57 Å². The van der Waals surface area contributed by atoms with Gasteiger partial charge < -0.3 is 4.57 Å².